The monoisotopic (exact) mass is 242 g/mol. The van der Waals surface area contributed by atoms with Crippen LogP contribution < -0.4 is 0 Å². The summed E-state index contributed by atoms with van der Waals surface area (Å²) in [4.78, 5) is 11.4. The second-order valence-corrected chi connectivity index (χ2v) is 4.81. The maximum atomic E-state index is 11.4. The predicted molar refractivity (Wildman–Crippen MR) is 62.4 cm³/mol. The molecule has 1 aliphatic heterocycles. The summed E-state index contributed by atoms with van der Waals surface area (Å²) in [6.45, 7) is 3.85. The van der Waals surface area contributed by atoms with E-state index < -0.39 is 0 Å². The van der Waals surface area contributed by atoms with Gasteiger partial charge >= 0.3 is 5.97 Å². The molecule has 1 aliphatic carbocycles. The summed E-state index contributed by atoms with van der Waals surface area (Å²) >= 11 is 0. The van der Waals surface area contributed by atoms with E-state index >= 15 is 0 Å². The average molecular weight is 242 g/mol. The van der Waals surface area contributed by atoms with Crippen LogP contribution in [0, 0.1) is 11.8 Å². The van der Waals surface area contributed by atoms with Crippen molar-refractivity contribution in [2.75, 3.05) is 19.8 Å². The molecule has 0 spiro atoms. The standard InChI is InChI=1S/C13H22O4/c1-2-15-13(14)11-9-10(11)6-8-17-12-5-3-4-7-16-12/h10-12H,2-9H2,1H3/t10-,11+,12?/m0/s1. The van der Waals surface area contributed by atoms with E-state index in [2.05, 4.69) is 0 Å². The first-order valence-corrected chi connectivity index (χ1v) is 6.71. The first kappa shape index (κ1) is 12.8. The Kier molecular flexibility index (Phi) is 4.80. The van der Waals surface area contributed by atoms with Gasteiger partial charge in [-0.3, -0.25) is 4.79 Å². The minimum absolute atomic E-state index is 0.0106. The van der Waals surface area contributed by atoms with Gasteiger partial charge in [-0.15, -0.1) is 0 Å². The van der Waals surface area contributed by atoms with Crippen molar-refractivity contribution >= 4 is 5.97 Å². The summed E-state index contributed by atoms with van der Waals surface area (Å²) in [7, 11) is 0. The molecule has 4 heteroatoms. The Balaban J connectivity index is 1.53. The van der Waals surface area contributed by atoms with Crippen LogP contribution in [-0.2, 0) is 19.0 Å². The second-order valence-electron chi connectivity index (χ2n) is 4.81. The van der Waals surface area contributed by atoms with Gasteiger partial charge in [-0.05, 0) is 44.9 Å². The lowest BCUT2D eigenvalue weighted by Crippen LogP contribution is -2.22. The van der Waals surface area contributed by atoms with Crippen LogP contribution in [0.15, 0.2) is 0 Å². The van der Waals surface area contributed by atoms with Gasteiger partial charge in [0.05, 0.1) is 19.1 Å². The van der Waals surface area contributed by atoms with Crippen molar-refractivity contribution in [1.29, 1.82) is 0 Å². The van der Waals surface area contributed by atoms with Gasteiger partial charge in [0.2, 0.25) is 0 Å². The van der Waals surface area contributed by atoms with Crippen LogP contribution in [0.4, 0.5) is 0 Å². The maximum absolute atomic E-state index is 11.4. The van der Waals surface area contributed by atoms with Gasteiger partial charge in [-0.25, -0.2) is 0 Å². The van der Waals surface area contributed by atoms with Crippen LogP contribution in [0.3, 0.4) is 0 Å². The molecule has 2 rings (SSSR count). The van der Waals surface area contributed by atoms with E-state index in [1.807, 2.05) is 6.92 Å². The van der Waals surface area contributed by atoms with Crippen molar-refractivity contribution < 1.29 is 19.0 Å². The lowest BCUT2D eigenvalue weighted by molar-refractivity contribution is -0.163. The zero-order valence-electron chi connectivity index (χ0n) is 10.5. The third kappa shape index (κ3) is 3.96. The molecule has 1 saturated carbocycles. The first-order valence-electron chi connectivity index (χ1n) is 6.71. The highest BCUT2D eigenvalue weighted by atomic mass is 16.7. The number of esters is 1. The molecule has 0 aromatic carbocycles. The normalized spacial score (nSPS) is 32.2. The van der Waals surface area contributed by atoms with Crippen molar-refractivity contribution in [3.63, 3.8) is 0 Å². The third-order valence-electron chi connectivity index (χ3n) is 3.44. The van der Waals surface area contributed by atoms with E-state index in [4.69, 9.17) is 14.2 Å². The molecular weight excluding hydrogens is 220 g/mol. The van der Waals surface area contributed by atoms with Crippen LogP contribution in [-0.4, -0.2) is 32.1 Å². The Morgan fingerprint density at radius 2 is 2.29 bits per heavy atom. The largest absolute Gasteiger partial charge is 0.466 e. The Morgan fingerprint density at radius 1 is 1.41 bits per heavy atom. The smallest absolute Gasteiger partial charge is 0.309 e. The Hall–Kier alpha value is -0.610. The summed E-state index contributed by atoms with van der Waals surface area (Å²) in [6, 6.07) is 0. The molecule has 0 radical (unpaired) electrons. The topological polar surface area (TPSA) is 44.8 Å². The molecule has 3 atom stereocenters. The molecule has 17 heavy (non-hydrogen) atoms. The van der Waals surface area contributed by atoms with Crippen LogP contribution in [0.1, 0.15) is 39.0 Å². The highest BCUT2D eigenvalue weighted by molar-refractivity contribution is 5.75. The van der Waals surface area contributed by atoms with E-state index in [-0.39, 0.29) is 18.2 Å². The van der Waals surface area contributed by atoms with Gasteiger partial charge in [-0.1, -0.05) is 0 Å². The third-order valence-corrected chi connectivity index (χ3v) is 3.44. The summed E-state index contributed by atoms with van der Waals surface area (Å²) in [5.74, 6) is 0.565. The van der Waals surface area contributed by atoms with Crippen molar-refractivity contribution in [1.82, 2.24) is 0 Å². The van der Waals surface area contributed by atoms with Crippen LogP contribution in [0.5, 0.6) is 0 Å². The first-order chi connectivity index (χ1) is 8.31. The molecule has 98 valence electrons. The fourth-order valence-electron chi connectivity index (χ4n) is 2.30. The lowest BCUT2D eigenvalue weighted by atomic mass is 10.2. The molecule has 2 fully saturated rings. The van der Waals surface area contributed by atoms with Gasteiger partial charge in [0, 0.05) is 6.61 Å². The molecule has 0 amide bonds. The fraction of sp³-hybridized carbons (Fsp3) is 0.923. The molecule has 0 aromatic rings. The van der Waals surface area contributed by atoms with Gasteiger partial charge in [-0.2, -0.15) is 0 Å². The average Bonchev–Trinajstić information content (AvgIpc) is 3.10. The number of hydrogen-bond acceptors (Lipinski definition) is 4. The molecule has 0 bridgehead atoms. The molecule has 1 saturated heterocycles. The molecule has 4 nitrogen and oxygen atoms in total. The van der Waals surface area contributed by atoms with Crippen LogP contribution >= 0.6 is 0 Å². The highest BCUT2D eigenvalue weighted by Crippen LogP contribution is 2.42. The second kappa shape index (κ2) is 6.36. The maximum Gasteiger partial charge on any atom is 0.309 e. The van der Waals surface area contributed by atoms with Crippen molar-refractivity contribution in [3.05, 3.63) is 0 Å². The SMILES string of the molecule is CCOC(=O)[C@@H]1C[C@@H]1CCOC1CCCCO1. The van der Waals surface area contributed by atoms with E-state index in [1.165, 1.54) is 6.42 Å². The summed E-state index contributed by atoms with van der Waals surface area (Å²) in [5, 5.41) is 0. The van der Waals surface area contributed by atoms with E-state index in [0.29, 0.717) is 19.1 Å². The lowest BCUT2D eigenvalue weighted by Gasteiger charge is -2.22. The molecule has 1 unspecified atom stereocenters. The predicted octanol–water partition coefficient (Wildman–Crippen LogP) is 2.12. The molecular formula is C13H22O4. The number of rotatable bonds is 6. The number of ether oxygens (including phenoxy) is 3. The van der Waals surface area contributed by atoms with Crippen molar-refractivity contribution in [3.8, 4) is 0 Å². The zero-order valence-corrected chi connectivity index (χ0v) is 10.5. The minimum atomic E-state index is -0.0357. The highest BCUT2D eigenvalue weighted by Gasteiger charge is 2.43. The van der Waals surface area contributed by atoms with E-state index in [9.17, 15) is 4.79 Å². The molecule has 0 aromatic heterocycles. The Labute approximate surface area is 103 Å². The van der Waals surface area contributed by atoms with Crippen LogP contribution in [0.25, 0.3) is 0 Å². The molecule has 1 heterocycles. The van der Waals surface area contributed by atoms with E-state index in [0.717, 1.165) is 32.3 Å². The van der Waals surface area contributed by atoms with Gasteiger partial charge in [0.25, 0.3) is 0 Å². The molecule has 2 aliphatic rings. The van der Waals surface area contributed by atoms with Gasteiger partial charge < -0.3 is 14.2 Å². The van der Waals surface area contributed by atoms with Crippen LogP contribution in [0.2, 0.25) is 0 Å². The minimum Gasteiger partial charge on any atom is -0.466 e. The Bertz CT molecular complexity index is 248. The molecule has 0 N–H and O–H groups in total. The van der Waals surface area contributed by atoms with Crippen molar-refractivity contribution in [2.45, 2.75) is 45.3 Å². The fourth-order valence-corrected chi connectivity index (χ4v) is 2.30. The van der Waals surface area contributed by atoms with Gasteiger partial charge in [0.1, 0.15) is 0 Å². The number of carbonyl (C=O) groups excluding carboxylic acids is 1. The number of hydrogen-bond donors (Lipinski definition) is 0. The Morgan fingerprint density at radius 3 is 3.00 bits per heavy atom. The zero-order chi connectivity index (χ0) is 12.1. The summed E-state index contributed by atoms with van der Waals surface area (Å²) in [5.41, 5.74) is 0. The van der Waals surface area contributed by atoms with Gasteiger partial charge in [0.15, 0.2) is 6.29 Å². The van der Waals surface area contributed by atoms with E-state index in [1.54, 1.807) is 0 Å². The quantitative estimate of drug-likeness (QED) is 0.669. The summed E-state index contributed by atoms with van der Waals surface area (Å²) < 4.78 is 16.1. The summed E-state index contributed by atoms with van der Waals surface area (Å²) in [6.07, 6.45) is 5.25. The number of carbonyl (C=O) groups is 1. The van der Waals surface area contributed by atoms with Crippen molar-refractivity contribution in [2.24, 2.45) is 11.8 Å².